The number of hydrogen-bond donors (Lipinski definition) is 2. The Morgan fingerprint density at radius 3 is 2.35 bits per heavy atom. The Morgan fingerprint density at radius 2 is 1.74 bits per heavy atom. The average Bonchev–Trinajstić information content (AvgIpc) is 2.58. The highest BCUT2D eigenvalue weighted by Gasteiger charge is 2.10. The minimum Gasteiger partial charge on any atom is -0.386 e. The van der Waals surface area contributed by atoms with Gasteiger partial charge in [0, 0.05) is 20.5 Å². The number of amides is 2. The van der Waals surface area contributed by atoms with Crippen LogP contribution in [0.25, 0.3) is 0 Å². The molecule has 2 aromatic rings. The van der Waals surface area contributed by atoms with Crippen LogP contribution in [0.2, 0.25) is 0 Å². The van der Waals surface area contributed by atoms with Gasteiger partial charge in [-0.05, 0) is 23.3 Å². The molecule has 0 aliphatic carbocycles. The van der Waals surface area contributed by atoms with Crippen molar-refractivity contribution in [1.29, 1.82) is 0 Å². The molecule has 0 atom stereocenters. The topological polar surface area (TPSA) is 61.4 Å². The summed E-state index contributed by atoms with van der Waals surface area (Å²) in [5.74, 6) is -0.0510. The summed E-state index contributed by atoms with van der Waals surface area (Å²) in [5.41, 5.74) is 3.79. The summed E-state index contributed by atoms with van der Waals surface area (Å²) in [6, 6.07) is 15.5. The molecule has 2 rings (SSSR count). The number of nitrogens with one attached hydrogen (secondary N) is 2. The SMILES string of the molecule is CNc1ccccc1N(C=O)Cc1ccc(CNC(C)=O)cc1. The smallest absolute Gasteiger partial charge is 0.217 e. The fourth-order valence-electron chi connectivity index (χ4n) is 2.30. The number of anilines is 2. The Morgan fingerprint density at radius 1 is 1.09 bits per heavy atom. The van der Waals surface area contributed by atoms with Crippen LogP contribution in [0.15, 0.2) is 48.5 Å². The molecule has 0 unspecified atom stereocenters. The Balaban J connectivity index is 2.10. The molecule has 0 radical (unpaired) electrons. The minimum atomic E-state index is -0.0510. The Kier molecular flexibility index (Phi) is 5.74. The molecule has 0 spiro atoms. The van der Waals surface area contributed by atoms with Gasteiger partial charge in [0.15, 0.2) is 0 Å². The molecule has 0 saturated heterocycles. The fourth-order valence-corrected chi connectivity index (χ4v) is 2.30. The molecule has 0 aromatic heterocycles. The van der Waals surface area contributed by atoms with Crippen molar-refractivity contribution in [3.05, 3.63) is 59.7 Å². The van der Waals surface area contributed by atoms with Gasteiger partial charge in [-0.1, -0.05) is 36.4 Å². The number of benzene rings is 2. The summed E-state index contributed by atoms with van der Waals surface area (Å²) < 4.78 is 0. The van der Waals surface area contributed by atoms with Gasteiger partial charge < -0.3 is 15.5 Å². The van der Waals surface area contributed by atoms with E-state index in [1.54, 1.807) is 4.90 Å². The van der Waals surface area contributed by atoms with Crippen LogP contribution in [0.5, 0.6) is 0 Å². The molecule has 0 fully saturated rings. The third kappa shape index (κ3) is 4.57. The molecule has 2 N–H and O–H groups in total. The summed E-state index contributed by atoms with van der Waals surface area (Å²) in [6.45, 7) is 2.49. The van der Waals surface area contributed by atoms with E-state index in [4.69, 9.17) is 0 Å². The zero-order valence-corrected chi connectivity index (χ0v) is 13.4. The van der Waals surface area contributed by atoms with Gasteiger partial charge in [0.25, 0.3) is 0 Å². The zero-order chi connectivity index (χ0) is 16.7. The highest BCUT2D eigenvalue weighted by molar-refractivity contribution is 5.83. The summed E-state index contributed by atoms with van der Waals surface area (Å²) in [6.07, 6.45) is 0.835. The van der Waals surface area contributed by atoms with Crippen molar-refractivity contribution in [1.82, 2.24) is 5.32 Å². The van der Waals surface area contributed by atoms with Crippen molar-refractivity contribution in [3.8, 4) is 0 Å². The van der Waals surface area contributed by atoms with Gasteiger partial charge in [0.2, 0.25) is 12.3 Å². The van der Waals surface area contributed by atoms with Crippen LogP contribution in [-0.4, -0.2) is 19.4 Å². The van der Waals surface area contributed by atoms with Crippen molar-refractivity contribution in [3.63, 3.8) is 0 Å². The molecule has 23 heavy (non-hydrogen) atoms. The van der Waals surface area contributed by atoms with Crippen LogP contribution in [-0.2, 0) is 22.7 Å². The van der Waals surface area contributed by atoms with Gasteiger partial charge in [0.05, 0.1) is 17.9 Å². The third-order valence-electron chi connectivity index (χ3n) is 3.53. The predicted octanol–water partition coefficient (Wildman–Crippen LogP) is 2.53. The van der Waals surface area contributed by atoms with Crippen LogP contribution < -0.4 is 15.5 Å². The number of hydrogen-bond acceptors (Lipinski definition) is 3. The average molecular weight is 311 g/mol. The first-order valence-corrected chi connectivity index (χ1v) is 7.45. The van der Waals surface area contributed by atoms with Crippen molar-refractivity contribution < 1.29 is 9.59 Å². The highest BCUT2D eigenvalue weighted by Crippen LogP contribution is 2.25. The lowest BCUT2D eigenvalue weighted by atomic mass is 10.1. The molecule has 2 amide bonds. The second-order valence-electron chi connectivity index (χ2n) is 5.23. The number of carbonyl (C=O) groups is 2. The van der Waals surface area contributed by atoms with Crippen molar-refractivity contribution in [2.45, 2.75) is 20.0 Å². The van der Waals surface area contributed by atoms with Gasteiger partial charge in [-0.15, -0.1) is 0 Å². The van der Waals surface area contributed by atoms with E-state index in [1.165, 1.54) is 6.92 Å². The maximum absolute atomic E-state index is 11.5. The van der Waals surface area contributed by atoms with Crippen molar-refractivity contribution in [2.24, 2.45) is 0 Å². The Labute approximate surface area is 136 Å². The molecule has 0 heterocycles. The summed E-state index contributed by atoms with van der Waals surface area (Å²) >= 11 is 0. The van der Waals surface area contributed by atoms with Gasteiger partial charge in [-0.3, -0.25) is 9.59 Å². The number of carbonyl (C=O) groups excluding carboxylic acids is 2. The van der Waals surface area contributed by atoms with E-state index in [2.05, 4.69) is 10.6 Å². The van der Waals surface area contributed by atoms with E-state index in [0.29, 0.717) is 13.1 Å². The first kappa shape index (κ1) is 16.5. The molecular weight excluding hydrogens is 290 g/mol. The number of nitrogens with zero attached hydrogens (tertiary/aromatic N) is 1. The van der Waals surface area contributed by atoms with Crippen LogP contribution in [0, 0.1) is 0 Å². The van der Waals surface area contributed by atoms with Gasteiger partial charge >= 0.3 is 0 Å². The van der Waals surface area contributed by atoms with E-state index in [0.717, 1.165) is 28.9 Å². The zero-order valence-electron chi connectivity index (χ0n) is 13.4. The predicted molar refractivity (Wildman–Crippen MR) is 92.2 cm³/mol. The van der Waals surface area contributed by atoms with Gasteiger partial charge in [-0.2, -0.15) is 0 Å². The second-order valence-corrected chi connectivity index (χ2v) is 5.23. The largest absolute Gasteiger partial charge is 0.386 e. The first-order valence-electron chi connectivity index (χ1n) is 7.45. The monoisotopic (exact) mass is 311 g/mol. The lowest BCUT2D eigenvalue weighted by Crippen LogP contribution is -2.21. The number of rotatable bonds is 7. The van der Waals surface area contributed by atoms with Gasteiger partial charge in [0.1, 0.15) is 0 Å². The fraction of sp³-hybridized carbons (Fsp3) is 0.222. The lowest BCUT2D eigenvalue weighted by molar-refractivity contribution is -0.119. The van der Waals surface area contributed by atoms with E-state index in [1.807, 2.05) is 55.6 Å². The summed E-state index contributed by atoms with van der Waals surface area (Å²) in [5, 5.41) is 5.85. The van der Waals surface area contributed by atoms with E-state index in [9.17, 15) is 9.59 Å². The molecule has 0 bridgehead atoms. The van der Waals surface area contributed by atoms with Crippen molar-refractivity contribution in [2.75, 3.05) is 17.3 Å². The van der Waals surface area contributed by atoms with Crippen LogP contribution in [0.4, 0.5) is 11.4 Å². The highest BCUT2D eigenvalue weighted by atomic mass is 16.1. The Bertz CT molecular complexity index is 668. The van der Waals surface area contributed by atoms with Crippen LogP contribution >= 0.6 is 0 Å². The molecular formula is C18H21N3O2. The van der Waals surface area contributed by atoms with Crippen LogP contribution in [0.3, 0.4) is 0 Å². The molecule has 0 aliphatic heterocycles. The van der Waals surface area contributed by atoms with Crippen LogP contribution in [0.1, 0.15) is 18.1 Å². The number of para-hydroxylation sites is 2. The molecule has 5 heteroatoms. The van der Waals surface area contributed by atoms with Gasteiger partial charge in [-0.25, -0.2) is 0 Å². The molecule has 120 valence electrons. The first-order chi connectivity index (χ1) is 11.1. The molecule has 0 aliphatic rings. The summed E-state index contributed by atoms with van der Waals surface area (Å²) in [7, 11) is 1.83. The molecule has 0 saturated carbocycles. The maximum Gasteiger partial charge on any atom is 0.217 e. The van der Waals surface area contributed by atoms with E-state index < -0.39 is 0 Å². The van der Waals surface area contributed by atoms with Crippen molar-refractivity contribution >= 4 is 23.7 Å². The molecule has 2 aromatic carbocycles. The lowest BCUT2D eigenvalue weighted by Gasteiger charge is -2.21. The standard InChI is InChI=1S/C18H21N3O2/c1-14(23)20-11-15-7-9-16(10-8-15)12-21(13-22)18-6-4-3-5-17(18)19-2/h3-10,13,19H,11-12H2,1-2H3,(H,20,23). The maximum atomic E-state index is 11.5. The molecule has 5 nitrogen and oxygen atoms in total. The second kappa shape index (κ2) is 7.98. The quantitative estimate of drug-likeness (QED) is 0.773. The van der Waals surface area contributed by atoms with E-state index in [-0.39, 0.29) is 5.91 Å². The van der Waals surface area contributed by atoms with E-state index >= 15 is 0 Å². The summed E-state index contributed by atoms with van der Waals surface area (Å²) in [4.78, 5) is 24.1. The normalized spacial score (nSPS) is 10.0. The Hall–Kier alpha value is -2.82. The third-order valence-corrected chi connectivity index (χ3v) is 3.53. The minimum absolute atomic E-state index is 0.0510.